The van der Waals surface area contributed by atoms with Gasteiger partial charge in [-0.1, -0.05) is 35.9 Å². The second-order valence-corrected chi connectivity index (χ2v) is 7.98. The van der Waals surface area contributed by atoms with Gasteiger partial charge in [-0.05, 0) is 54.1 Å². The molecule has 0 spiro atoms. The molecule has 5 rings (SSSR count). The molecule has 1 aromatic heterocycles. The molecule has 1 atom stereocenters. The van der Waals surface area contributed by atoms with E-state index in [1.54, 1.807) is 30.3 Å². The van der Waals surface area contributed by atoms with Gasteiger partial charge >= 0.3 is 0 Å². The number of phenolic OH excluding ortho intramolecular Hbond substituents is 2. The number of phenols is 2. The van der Waals surface area contributed by atoms with Gasteiger partial charge < -0.3 is 19.7 Å². The van der Waals surface area contributed by atoms with Gasteiger partial charge in [-0.2, -0.15) is 0 Å². The number of rotatable bonds is 4. The van der Waals surface area contributed by atoms with Crippen LogP contribution in [0.15, 0.2) is 88.5 Å². The van der Waals surface area contributed by atoms with E-state index in [0.717, 1.165) is 4.90 Å². The molecule has 0 aliphatic carbocycles. The van der Waals surface area contributed by atoms with Crippen LogP contribution < -0.4 is 4.90 Å². The highest BCUT2D eigenvalue weighted by atomic mass is 35.5. The van der Waals surface area contributed by atoms with Crippen molar-refractivity contribution in [3.8, 4) is 11.5 Å². The maximum absolute atomic E-state index is 13.5. The second-order valence-electron chi connectivity index (χ2n) is 7.54. The van der Waals surface area contributed by atoms with E-state index < -0.39 is 23.5 Å². The van der Waals surface area contributed by atoms with E-state index in [-0.39, 0.29) is 28.5 Å². The molecule has 1 unspecified atom stereocenters. The molecule has 0 radical (unpaired) electrons. The maximum atomic E-state index is 13.5. The van der Waals surface area contributed by atoms with Crippen molar-refractivity contribution in [2.45, 2.75) is 6.04 Å². The number of aliphatic hydroxyl groups is 1. The smallest absolute Gasteiger partial charge is 0.294 e. The first-order valence-electron chi connectivity index (χ1n) is 9.92. The molecule has 1 aliphatic heterocycles. The molecule has 0 saturated heterocycles. The quantitative estimate of drug-likeness (QED) is 0.356. The Morgan fingerprint density at radius 2 is 1.67 bits per heavy atom. The molecule has 7 nitrogen and oxygen atoms in total. The summed E-state index contributed by atoms with van der Waals surface area (Å²) in [6.07, 6.45) is 0. The normalized spacial score (nSPS) is 16.1. The number of halogens is 1. The van der Waals surface area contributed by atoms with Crippen LogP contribution in [-0.4, -0.2) is 27.0 Å². The first kappa shape index (κ1) is 20.7. The standard InChI is InChI=1S/C25H16ClNO6/c26-15-7-10-19-14(11-15)12-20(33-19)23(30)21-22(13-5-8-16(28)9-6-13)27(25(32)24(21)31)17-3-1-2-4-18(17)29/h1-12,22,28-29,31H. The van der Waals surface area contributed by atoms with Gasteiger partial charge in [-0.3, -0.25) is 14.5 Å². The van der Waals surface area contributed by atoms with Crippen LogP contribution >= 0.6 is 11.6 Å². The fourth-order valence-electron chi connectivity index (χ4n) is 3.98. The Hall–Kier alpha value is -4.23. The summed E-state index contributed by atoms with van der Waals surface area (Å²) in [7, 11) is 0. The number of para-hydroxylation sites is 2. The molecule has 4 aromatic rings. The van der Waals surface area contributed by atoms with E-state index in [4.69, 9.17) is 16.0 Å². The molecule has 0 bridgehead atoms. The molecule has 1 amide bonds. The Bertz CT molecular complexity index is 1450. The van der Waals surface area contributed by atoms with E-state index >= 15 is 0 Å². The van der Waals surface area contributed by atoms with Crippen molar-refractivity contribution < 1.29 is 29.3 Å². The van der Waals surface area contributed by atoms with Gasteiger partial charge in [0.25, 0.3) is 5.91 Å². The molecule has 164 valence electrons. The molecule has 3 N–H and O–H groups in total. The summed E-state index contributed by atoms with van der Waals surface area (Å²) in [5.74, 6) is -2.58. The minimum Gasteiger partial charge on any atom is -0.508 e. The average molecular weight is 462 g/mol. The van der Waals surface area contributed by atoms with Crippen LogP contribution in [0.5, 0.6) is 11.5 Å². The Morgan fingerprint density at radius 3 is 2.39 bits per heavy atom. The summed E-state index contributed by atoms with van der Waals surface area (Å²) >= 11 is 6.02. The summed E-state index contributed by atoms with van der Waals surface area (Å²) in [5.41, 5.74) is 0.771. The molecule has 8 heteroatoms. The zero-order valence-electron chi connectivity index (χ0n) is 16.9. The molecule has 0 fully saturated rings. The van der Waals surface area contributed by atoms with Gasteiger partial charge in [0.2, 0.25) is 5.78 Å². The summed E-state index contributed by atoms with van der Waals surface area (Å²) in [4.78, 5) is 27.8. The summed E-state index contributed by atoms with van der Waals surface area (Å²) in [6, 6.07) is 17.3. The van der Waals surface area contributed by atoms with Gasteiger partial charge in [0.1, 0.15) is 17.1 Å². The number of fused-ring (bicyclic) bond motifs is 1. The lowest BCUT2D eigenvalue weighted by Crippen LogP contribution is -2.31. The number of nitrogens with zero attached hydrogens (tertiary/aromatic N) is 1. The lowest BCUT2D eigenvalue weighted by molar-refractivity contribution is -0.117. The molecular formula is C25H16ClNO6. The van der Waals surface area contributed by atoms with Gasteiger partial charge in [0, 0.05) is 10.4 Å². The zero-order valence-corrected chi connectivity index (χ0v) is 17.7. The van der Waals surface area contributed by atoms with Crippen molar-refractivity contribution >= 4 is 39.9 Å². The average Bonchev–Trinajstić information content (AvgIpc) is 3.33. The van der Waals surface area contributed by atoms with E-state index in [9.17, 15) is 24.9 Å². The van der Waals surface area contributed by atoms with Crippen LogP contribution in [0.25, 0.3) is 11.0 Å². The molecule has 2 heterocycles. The lowest BCUT2D eigenvalue weighted by atomic mass is 9.94. The first-order chi connectivity index (χ1) is 15.8. The number of anilines is 1. The number of hydrogen-bond donors (Lipinski definition) is 3. The summed E-state index contributed by atoms with van der Waals surface area (Å²) < 4.78 is 5.68. The number of hydrogen-bond acceptors (Lipinski definition) is 6. The molecule has 1 aliphatic rings. The largest absolute Gasteiger partial charge is 0.508 e. The monoisotopic (exact) mass is 461 g/mol. The van der Waals surface area contributed by atoms with Gasteiger partial charge in [0.05, 0.1) is 17.3 Å². The number of carbonyl (C=O) groups excluding carboxylic acids is 2. The maximum Gasteiger partial charge on any atom is 0.294 e. The third-order valence-electron chi connectivity index (χ3n) is 5.50. The van der Waals surface area contributed by atoms with Crippen molar-refractivity contribution in [3.63, 3.8) is 0 Å². The predicted octanol–water partition coefficient (Wildman–Crippen LogP) is 5.28. The van der Waals surface area contributed by atoms with Crippen LogP contribution in [0.4, 0.5) is 5.69 Å². The number of carbonyl (C=O) groups is 2. The lowest BCUT2D eigenvalue weighted by Gasteiger charge is -2.27. The highest BCUT2D eigenvalue weighted by molar-refractivity contribution is 6.31. The fourth-order valence-corrected chi connectivity index (χ4v) is 4.16. The zero-order chi connectivity index (χ0) is 23.3. The molecule has 33 heavy (non-hydrogen) atoms. The van der Waals surface area contributed by atoms with Crippen LogP contribution in [0.3, 0.4) is 0 Å². The van der Waals surface area contributed by atoms with Crippen molar-refractivity contribution in [2.24, 2.45) is 0 Å². The molecule has 0 saturated carbocycles. The number of benzene rings is 3. The Morgan fingerprint density at radius 1 is 0.939 bits per heavy atom. The Labute approximate surface area is 192 Å². The molecular weight excluding hydrogens is 446 g/mol. The van der Waals surface area contributed by atoms with E-state index in [1.807, 2.05) is 0 Å². The van der Waals surface area contributed by atoms with Gasteiger partial charge in [0.15, 0.2) is 11.5 Å². The van der Waals surface area contributed by atoms with Gasteiger partial charge in [-0.15, -0.1) is 0 Å². The van der Waals surface area contributed by atoms with Crippen LogP contribution in [-0.2, 0) is 4.79 Å². The van der Waals surface area contributed by atoms with Crippen molar-refractivity contribution in [1.82, 2.24) is 0 Å². The highest BCUT2D eigenvalue weighted by Crippen LogP contribution is 2.45. The number of Topliss-reactive ketones (excluding diaryl/α,β-unsaturated/α-hetero) is 1. The number of aromatic hydroxyl groups is 2. The summed E-state index contributed by atoms with van der Waals surface area (Å²) in [5, 5.41) is 32.0. The van der Waals surface area contributed by atoms with Crippen LogP contribution in [0.2, 0.25) is 5.02 Å². The first-order valence-corrected chi connectivity index (χ1v) is 10.3. The minimum absolute atomic E-state index is 0.00702. The van der Waals surface area contributed by atoms with Crippen molar-refractivity contribution in [1.29, 1.82) is 0 Å². The number of aliphatic hydroxyl groups excluding tert-OH is 1. The van der Waals surface area contributed by atoms with Crippen molar-refractivity contribution in [2.75, 3.05) is 4.90 Å². The third kappa shape index (κ3) is 3.39. The predicted molar refractivity (Wildman–Crippen MR) is 122 cm³/mol. The van der Waals surface area contributed by atoms with Crippen LogP contribution in [0.1, 0.15) is 22.2 Å². The number of amides is 1. The summed E-state index contributed by atoms with van der Waals surface area (Å²) in [6.45, 7) is 0. The molecule has 3 aromatic carbocycles. The number of ketones is 1. The van der Waals surface area contributed by atoms with Crippen LogP contribution in [0, 0.1) is 0 Å². The fraction of sp³-hybridized carbons (Fsp3) is 0.0400. The SMILES string of the molecule is O=C(C1=C(O)C(=O)N(c2ccccc2O)C1c1ccc(O)cc1)c1cc2cc(Cl)ccc2o1. The van der Waals surface area contributed by atoms with Gasteiger partial charge in [-0.25, -0.2) is 0 Å². The minimum atomic E-state index is -1.07. The topological polar surface area (TPSA) is 111 Å². The number of furan rings is 1. The second kappa shape index (κ2) is 7.72. The Balaban J connectivity index is 1.67. The van der Waals surface area contributed by atoms with E-state index in [1.165, 1.54) is 42.5 Å². The van der Waals surface area contributed by atoms with Crippen molar-refractivity contribution in [3.05, 3.63) is 100 Å². The van der Waals surface area contributed by atoms with E-state index in [2.05, 4.69) is 0 Å². The van der Waals surface area contributed by atoms with E-state index in [0.29, 0.717) is 21.6 Å². The Kier molecular flexibility index (Phi) is 4.83. The third-order valence-corrected chi connectivity index (χ3v) is 5.74. The highest BCUT2D eigenvalue weighted by Gasteiger charge is 2.46.